The number of carbonyl (C=O) groups is 1. The molecule has 0 heterocycles. The van der Waals surface area contributed by atoms with Crippen molar-refractivity contribution < 1.29 is 19.0 Å². The third-order valence-electron chi connectivity index (χ3n) is 2.75. The molecule has 0 saturated carbocycles. The minimum atomic E-state index is -2.05. The lowest BCUT2D eigenvalue weighted by molar-refractivity contribution is -0.153. The van der Waals surface area contributed by atoms with Gasteiger partial charge in [-0.15, -0.1) is 0 Å². The number of aliphatic hydroxyl groups is 1. The van der Waals surface area contributed by atoms with Crippen molar-refractivity contribution in [3.63, 3.8) is 0 Å². The lowest BCUT2D eigenvalue weighted by atomic mass is 9.97. The summed E-state index contributed by atoms with van der Waals surface area (Å²) in [6.45, 7) is 5.34. The van der Waals surface area contributed by atoms with E-state index in [9.17, 15) is 14.3 Å². The molecule has 0 spiro atoms. The predicted octanol–water partition coefficient (Wildman–Crippen LogP) is 2.24. The van der Waals surface area contributed by atoms with Crippen LogP contribution in [0.3, 0.4) is 0 Å². The molecule has 17 heavy (non-hydrogen) atoms. The van der Waals surface area contributed by atoms with E-state index in [2.05, 4.69) is 4.74 Å². The first-order valence-electron chi connectivity index (χ1n) is 5.54. The Hall–Kier alpha value is -1.42. The van der Waals surface area contributed by atoms with Gasteiger partial charge in [-0.2, -0.15) is 0 Å². The first-order valence-corrected chi connectivity index (χ1v) is 5.54. The summed E-state index contributed by atoms with van der Waals surface area (Å²) in [4.78, 5) is 11.2. The Kier molecular flexibility index (Phi) is 4.63. The highest BCUT2D eigenvalue weighted by Gasteiger charge is 2.30. The number of aliphatic hydroxyl groups excluding tert-OH is 1. The normalized spacial score (nSPS) is 14.2. The van der Waals surface area contributed by atoms with Gasteiger partial charge in [0.1, 0.15) is 6.10 Å². The highest BCUT2D eigenvalue weighted by atomic mass is 19.1. The molecule has 0 aromatic heterocycles. The molecule has 0 aliphatic carbocycles. The molecule has 0 saturated heterocycles. The number of rotatable bonds is 4. The van der Waals surface area contributed by atoms with E-state index in [1.165, 1.54) is 0 Å². The van der Waals surface area contributed by atoms with E-state index in [1.807, 2.05) is 13.0 Å². The molecule has 1 N–H and O–H groups in total. The third kappa shape index (κ3) is 3.03. The van der Waals surface area contributed by atoms with Crippen molar-refractivity contribution in [3.05, 3.63) is 34.9 Å². The molecular formula is C13H17FO3. The van der Waals surface area contributed by atoms with Gasteiger partial charge in [0.05, 0.1) is 6.61 Å². The third-order valence-corrected chi connectivity index (χ3v) is 2.75. The number of ether oxygens (including phenoxy) is 1. The zero-order chi connectivity index (χ0) is 13.0. The lowest BCUT2D eigenvalue weighted by Crippen LogP contribution is -2.26. The van der Waals surface area contributed by atoms with Crippen LogP contribution in [0.15, 0.2) is 18.2 Å². The van der Waals surface area contributed by atoms with E-state index in [1.54, 1.807) is 26.0 Å². The van der Waals surface area contributed by atoms with Gasteiger partial charge in [-0.05, 0) is 37.5 Å². The van der Waals surface area contributed by atoms with E-state index < -0.39 is 18.2 Å². The molecule has 2 unspecified atom stereocenters. The summed E-state index contributed by atoms with van der Waals surface area (Å²) < 4.78 is 18.2. The van der Waals surface area contributed by atoms with Crippen molar-refractivity contribution >= 4 is 5.97 Å². The van der Waals surface area contributed by atoms with Gasteiger partial charge in [-0.25, -0.2) is 9.18 Å². The number of benzene rings is 1. The predicted molar refractivity (Wildman–Crippen MR) is 62.4 cm³/mol. The minimum Gasteiger partial charge on any atom is -0.464 e. The van der Waals surface area contributed by atoms with Crippen LogP contribution in [0.5, 0.6) is 0 Å². The molecule has 1 aromatic carbocycles. The first-order chi connectivity index (χ1) is 7.99. The van der Waals surface area contributed by atoms with Gasteiger partial charge in [0.25, 0.3) is 0 Å². The highest BCUT2D eigenvalue weighted by molar-refractivity contribution is 5.75. The number of alkyl halides is 1. The van der Waals surface area contributed by atoms with Crippen LogP contribution in [0.4, 0.5) is 4.39 Å². The van der Waals surface area contributed by atoms with Gasteiger partial charge in [-0.1, -0.05) is 18.2 Å². The van der Waals surface area contributed by atoms with Gasteiger partial charge in [0.2, 0.25) is 6.17 Å². The monoisotopic (exact) mass is 240 g/mol. The highest BCUT2D eigenvalue weighted by Crippen LogP contribution is 2.25. The maximum absolute atomic E-state index is 13.6. The van der Waals surface area contributed by atoms with Gasteiger partial charge in [0.15, 0.2) is 0 Å². The number of hydrogen-bond acceptors (Lipinski definition) is 3. The van der Waals surface area contributed by atoms with E-state index in [0.717, 1.165) is 11.1 Å². The van der Waals surface area contributed by atoms with E-state index in [4.69, 9.17) is 0 Å². The Morgan fingerprint density at radius 3 is 2.71 bits per heavy atom. The fourth-order valence-electron chi connectivity index (χ4n) is 1.60. The van der Waals surface area contributed by atoms with Crippen molar-refractivity contribution in [2.75, 3.05) is 6.61 Å². The molecule has 0 radical (unpaired) electrons. The number of esters is 1. The summed E-state index contributed by atoms with van der Waals surface area (Å²) in [6.07, 6.45) is -3.52. The SMILES string of the molecule is CCOC(=O)C(F)C(O)c1cccc(C)c1C. The minimum absolute atomic E-state index is 0.0960. The van der Waals surface area contributed by atoms with Gasteiger partial charge < -0.3 is 9.84 Å². The molecule has 1 rings (SSSR count). The van der Waals surface area contributed by atoms with Crippen LogP contribution in [-0.4, -0.2) is 23.9 Å². The number of hydrogen-bond donors (Lipinski definition) is 1. The van der Waals surface area contributed by atoms with Crippen molar-refractivity contribution in [2.24, 2.45) is 0 Å². The topological polar surface area (TPSA) is 46.5 Å². The summed E-state index contributed by atoms with van der Waals surface area (Å²) in [7, 11) is 0. The van der Waals surface area contributed by atoms with Crippen LogP contribution in [-0.2, 0) is 9.53 Å². The molecule has 0 aliphatic rings. The lowest BCUT2D eigenvalue weighted by Gasteiger charge is -2.17. The Morgan fingerprint density at radius 1 is 1.47 bits per heavy atom. The van der Waals surface area contributed by atoms with Crippen LogP contribution in [0.2, 0.25) is 0 Å². The van der Waals surface area contributed by atoms with Crippen LogP contribution >= 0.6 is 0 Å². The molecule has 0 fully saturated rings. The summed E-state index contributed by atoms with van der Waals surface area (Å²) in [5.74, 6) is -1.03. The van der Waals surface area contributed by atoms with E-state index in [0.29, 0.717) is 5.56 Å². The Labute approximate surface area is 100 Å². The fourth-order valence-corrected chi connectivity index (χ4v) is 1.60. The molecule has 0 bridgehead atoms. The second-order valence-electron chi connectivity index (χ2n) is 3.89. The quantitative estimate of drug-likeness (QED) is 0.821. The van der Waals surface area contributed by atoms with Crippen LogP contribution in [0.25, 0.3) is 0 Å². The largest absolute Gasteiger partial charge is 0.464 e. The number of carbonyl (C=O) groups excluding carboxylic acids is 1. The summed E-state index contributed by atoms with van der Waals surface area (Å²) in [5, 5.41) is 9.82. The van der Waals surface area contributed by atoms with Gasteiger partial charge >= 0.3 is 5.97 Å². The van der Waals surface area contributed by atoms with E-state index in [-0.39, 0.29) is 6.61 Å². The second kappa shape index (κ2) is 5.77. The number of aryl methyl sites for hydroxylation is 1. The first kappa shape index (κ1) is 13.6. The molecule has 0 aliphatic heterocycles. The average molecular weight is 240 g/mol. The van der Waals surface area contributed by atoms with Gasteiger partial charge in [-0.3, -0.25) is 0 Å². The maximum Gasteiger partial charge on any atom is 0.343 e. The second-order valence-corrected chi connectivity index (χ2v) is 3.89. The molecule has 4 heteroatoms. The molecular weight excluding hydrogens is 223 g/mol. The molecule has 3 nitrogen and oxygen atoms in total. The number of halogens is 1. The van der Waals surface area contributed by atoms with Crippen molar-refractivity contribution in [1.29, 1.82) is 0 Å². The fraction of sp³-hybridized carbons (Fsp3) is 0.462. The molecule has 1 aromatic rings. The van der Waals surface area contributed by atoms with Crippen LogP contribution < -0.4 is 0 Å². The summed E-state index contributed by atoms with van der Waals surface area (Å²) in [5.41, 5.74) is 2.15. The summed E-state index contributed by atoms with van der Waals surface area (Å²) >= 11 is 0. The summed E-state index contributed by atoms with van der Waals surface area (Å²) in [6, 6.07) is 5.20. The van der Waals surface area contributed by atoms with Crippen molar-refractivity contribution in [1.82, 2.24) is 0 Å². The Balaban J connectivity index is 2.92. The zero-order valence-electron chi connectivity index (χ0n) is 10.2. The molecule has 94 valence electrons. The maximum atomic E-state index is 13.6. The van der Waals surface area contributed by atoms with Crippen molar-refractivity contribution in [3.8, 4) is 0 Å². The zero-order valence-corrected chi connectivity index (χ0v) is 10.2. The van der Waals surface area contributed by atoms with Crippen LogP contribution in [0.1, 0.15) is 29.7 Å². The van der Waals surface area contributed by atoms with Crippen molar-refractivity contribution in [2.45, 2.75) is 33.0 Å². The van der Waals surface area contributed by atoms with E-state index >= 15 is 0 Å². The molecule has 0 amide bonds. The average Bonchev–Trinajstić information content (AvgIpc) is 2.31. The van der Waals surface area contributed by atoms with Gasteiger partial charge in [0, 0.05) is 0 Å². The standard InChI is InChI=1S/C13H17FO3/c1-4-17-13(16)11(14)12(15)10-7-5-6-8(2)9(10)3/h5-7,11-12,15H,4H2,1-3H3. The smallest absolute Gasteiger partial charge is 0.343 e. The molecule has 2 atom stereocenters. The Bertz CT molecular complexity index is 404. The van der Waals surface area contributed by atoms with Crippen LogP contribution in [0, 0.1) is 13.8 Å². The Morgan fingerprint density at radius 2 is 2.12 bits per heavy atom.